The zero-order valence-electron chi connectivity index (χ0n) is 21.4. The van der Waals surface area contributed by atoms with Crippen molar-refractivity contribution in [2.45, 2.75) is 0 Å². The first-order valence-electron chi connectivity index (χ1n) is 12.3. The van der Waals surface area contributed by atoms with Crippen molar-refractivity contribution in [1.82, 2.24) is 10.7 Å². The van der Waals surface area contributed by atoms with E-state index in [9.17, 15) is 14.4 Å². The van der Waals surface area contributed by atoms with E-state index >= 15 is 0 Å². The number of benzene rings is 4. The van der Waals surface area contributed by atoms with E-state index in [1.54, 1.807) is 91.0 Å². The highest BCUT2D eigenvalue weighted by Gasteiger charge is 2.17. The largest absolute Gasteiger partial charge is 0.454 e. The van der Waals surface area contributed by atoms with E-state index in [1.807, 2.05) is 6.07 Å². The summed E-state index contributed by atoms with van der Waals surface area (Å²) in [7, 11) is 0. The van der Waals surface area contributed by atoms with Crippen LogP contribution in [0.2, 0.25) is 0 Å². The van der Waals surface area contributed by atoms with Crippen LogP contribution >= 0.6 is 15.9 Å². The summed E-state index contributed by atoms with van der Waals surface area (Å²) in [5.41, 5.74) is 4.47. The quantitative estimate of drug-likeness (QED) is 0.0916. The van der Waals surface area contributed by atoms with Crippen LogP contribution in [0.25, 0.3) is 6.08 Å². The van der Waals surface area contributed by atoms with Gasteiger partial charge in [-0.05, 0) is 83.9 Å². The Kier molecular flexibility index (Phi) is 8.51. The number of nitrogens with one attached hydrogen (secondary N) is 2. The number of hydrogen-bond donors (Lipinski definition) is 2. The van der Waals surface area contributed by atoms with Crippen molar-refractivity contribution >= 4 is 46.0 Å². The summed E-state index contributed by atoms with van der Waals surface area (Å²) in [6.45, 7) is 0.115. The zero-order valence-corrected chi connectivity index (χ0v) is 23.0. The number of carbonyl (C=O) groups excluding carboxylic acids is 3. The molecule has 0 spiro atoms. The molecule has 2 N–H and O–H groups in total. The van der Waals surface area contributed by atoms with Crippen LogP contribution in [-0.2, 0) is 4.79 Å². The van der Waals surface area contributed by atoms with Crippen molar-refractivity contribution in [3.63, 3.8) is 0 Å². The summed E-state index contributed by atoms with van der Waals surface area (Å²) in [5, 5.41) is 6.67. The summed E-state index contributed by atoms with van der Waals surface area (Å²) >= 11 is 3.33. The predicted molar refractivity (Wildman–Crippen MR) is 156 cm³/mol. The first-order chi connectivity index (χ1) is 19.9. The Labute approximate surface area is 243 Å². The summed E-state index contributed by atoms with van der Waals surface area (Å²) in [4.78, 5) is 38.2. The maximum atomic E-state index is 13.0. The van der Waals surface area contributed by atoms with E-state index in [0.717, 1.165) is 4.47 Å². The summed E-state index contributed by atoms with van der Waals surface area (Å²) in [6, 6.07) is 27.2. The first-order valence-corrected chi connectivity index (χ1v) is 13.1. The van der Waals surface area contributed by atoms with Crippen molar-refractivity contribution in [3.8, 4) is 17.2 Å². The van der Waals surface area contributed by atoms with E-state index in [0.29, 0.717) is 39.5 Å². The van der Waals surface area contributed by atoms with Crippen LogP contribution in [0.3, 0.4) is 0 Å². The van der Waals surface area contributed by atoms with Gasteiger partial charge < -0.3 is 19.5 Å². The van der Waals surface area contributed by atoms with Crippen LogP contribution in [0.1, 0.15) is 31.8 Å². The Morgan fingerprint density at radius 3 is 2.32 bits per heavy atom. The number of rotatable bonds is 8. The minimum Gasteiger partial charge on any atom is -0.454 e. The smallest absolute Gasteiger partial charge is 0.343 e. The minimum atomic E-state index is -0.636. The van der Waals surface area contributed by atoms with E-state index in [-0.39, 0.29) is 12.5 Å². The molecule has 1 aliphatic heterocycles. The highest BCUT2D eigenvalue weighted by Crippen LogP contribution is 2.33. The fraction of sp³-hybridized carbons (Fsp3) is 0.0323. The van der Waals surface area contributed by atoms with Crippen LogP contribution in [0.4, 0.5) is 0 Å². The minimum absolute atomic E-state index is 0.0234. The van der Waals surface area contributed by atoms with E-state index in [2.05, 4.69) is 31.8 Å². The first kappa shape index (κ1) is 27.4. The molecule has 9 nitrogen and oxygen atoms in total. The lowest BCUT2D eigenvalue weighted by atomic mass is 10.1. The van der Waals surface area contributed by atoms with Gasteiger partial charge in [0, 0.05) is 10.0 Å². The fourth-order valence-electron chi connectivity index (χ4n) is 3.74. The van der Waals surface area contributed by atoms with Gasteiger partial charge in [0.2, 0.25) is 6.79 Å². The van der Waals surface area contributed by atoms with Gasteiger partial charge in [-0.1, -0.05) is 46.3 Å². The van der Waals surface area contributed by atoms with Crippen LogP contribution in [0.5, 0.6) is 17.2 Å². The number of halogens is 1. The third kappa shape index (κ3) is 7.25. The third-order valence-corrected chi connectivity index (χ3v) is 6.26. The van der Waals surface area contributed by atoms with Gasteiger partial charge in [-0.2, -0.15) is 5.10 Å². The molecule has 10 heteroatoms. The van der Waals surface area contributed by atoms with E-state index < -0.39 is 17.8 Å². The second-order valence-electron chi connectivity index (χ2n) is 8.66. The zero-order chi connectivity index (χ0) is 28.6. The van der Waals surface area contributed by atoms with Crippen molar-refractivity contribution in [1.29, 1.82) is 0 Å². The summed E-state index contributed by atoms with van der Waals surface area (Å²) < 4.78 is 16.9. The molecule has 204 valence electrons. The van der Waals surface area contributed by atoms with Gasteiger partial charge in [0.15, 0.2) is 11.5 Å². The molecule has 0 aromatic heterocycles. The number of ether oxygens (including phenoxy) is 3. The van der Waals surface area contributed by atoms with E-state index in [1.165, 1.54) is 12.3 Å². The molecule has 0 unspecified atom stereocenters. The molecule has 1 aliphatic rings. The fourth-order valence-corrected chi connectivity index (χ4v) is 4.14. The summed E-state index contributed by atoms with van der Waals surface area (Å²) in [5.74, 6) is -0.0859. The monoisotopic (exact) mass is 611 g/mol. The molecule has 41 heavy (non-hydrogen) atoms. The standard InChI is InChI=1S/C31H22BrN3O6/c32-24-8-4-7-23(17-24)31(38)41-25-12-9-20(10-13-25)18-33-35-30(37)26(34-29(36)22-5-2-1-3-6-22)15-21-11-14-27-28(16-21)40-19-39-27/h1-18H,19H2,(H,34,36)(H,35,37)/b26-15+,33-18+. The highest BCUT2D eigenvalue weighted by atomic mass is 79.9. The molecule has 0 aliphatic carbocycles. The average molecular weight is 612 g/mol. The Morgan fingerprint density at radius 2 is 1.54 bits per heavy atom. The number of nitrogens with zero attached hydrogens (tertiary/aromatic N) is 1. The van der Waals surface area contributed by atoms with Gasteiger partial charge in [0.25, 0.3) is 11.8 Å². The van der Waals surface area contributed by atoms with Crippen LogP contribution in [0.15, 0.2) is 112 Å². The molecule has 0 saturated heterocycles. The molecule has 0 atom stereocenters. The van der Waals surface area contributed by atoms with Crippen molar-refractivity contribution in [2.24, 2.45) is 5.10 Å². The maximum absolute atomic E-state index is 13.0. The lowest BCUT2D eigenvalue weighted by molar-refractivity contribution is -0.117. The van der Waals surface area contributed by atoms with Gasteiger partial charge in [-0.25, -0.2) is 10.2 Å². The van der Waals surface area contributed by atoms with Gasteiger partial charge >= 0.3 is 5.97 Å². The Hall–Kier alpha value is -5.22. The SMILES string of the molecule is O=C(N/N=C/c1ccc(OC(=O)c2cccc(Br)c2)cc1)/C(=C\c1ccc2c(c1)OCO2)NC(=O)c1ccccc1. The van der Waals surface area contributed by atoms with Crippen molar-refractivity contribution in [3.05, 3.63) is 129 Å². The van der Waals surface area contributed by atoms with E-state index in [4.69, 9.17) is 14.2 Å². The third-order valence-electron chi connectivity index (χ3n) is 5.77. The van der Waals surface area contributed by atoms with Gasteiger partial charge in [0.05, 0.1) is 11.8 Å². The number of hydrogen-bond acceptors (Lipinski definition) is 7. The second-order valence-corrected chi connectivity index (χ2v) is 9.57. The van der Waals surface area contributed by atoms with Gasteiger partial charge in [-0.3, -0.25) is 9.59 Å². The number of hydrazone groups is 1. The Bertz CT molecular complexity index is 1650. The molecular formula is C31H22BrN3O6. The van der Waals surface area contributed by atoms with Gasteiger partial charge in [0.1, 0.15) is 11.4 Å². The number of amides is 2. The predicted octanol–water partition coefficient (Wildman–Crippen LogP) is 5.32. The van der Waals surface area contributed by atoms with Crippen molar-refractivity contribution in [2.75, 3.05) is 6.79 Å². The molecule has 0 fully saturated rings. The lowest BCUT2D eigenvalue weighted by Crippen LogP contribution is -2.32. The number of carbonyl (C=O) groups is 3. The molecule has 2 amide bonds. The van der Waals surface area contributed by atoms with Crippen molar-refractivity contribution < 1.29 is 28.6 Å². The average Bonchev–Trinajstić information content (AvgIpc) is 3.46. The Balaban J connectivity index is 1.26. The van der Waals surface area contributed by atoms with Gasteiger partial charge in [-0.15, -0.1) is 0 Å². The molecule has 0 saturated carbocycles. The molecule has 5 rings (SSSR count). The topological polar surface area (TPSA) is 115 Å². The molecule has 4 aromatic carbocycles. The number of fused-ring (bicyclic) bond motifs is 1. The molecule has 4 aromatic rings. The summed E-state index contributed by atoms with van der Waals surface area (Å²) in [6.07, 6.45) is 2.94. The molecule has 0 bridgehead atoms. The Morgan fingerprint density at radius 1 is 0.805 bits per heavy atom. The number of esters is 1. The second kappa shape index (κ2) is 12.8. The van der Waals surface area contributed by atoms with Crippen LogP contribution < -0.4 is 25.0 Å². The molecular weight excluding hydrogens is 590 g/mol. The lowest BCUT2D eigenvalue weighted by Gasteiger charge is -2.09. The van der Waals surface area contributed by atoms with Crippen LogP contribution in [-0.4, -0.2) is 30.8 Å². The highest BCUT2D eigenvalue weighted by molar-refractivity contribution is 9.10. The molecule has 1 heterocycles. The van der Waals surface area contributed by atoms with Crippen LogP contribution in [0, 0.1) is 0 Å². The normalized spacial score (nSPS) is 12.2. The molecule has 0 radical (unpaired) electrons. The maximum Gasteiger partial charge on any atom is 0.343 e.